The number of carbonyl (C=O) groups is 3. The van der Waals surface area contributed by atoms with Crippen molar-refractivity contribution < 1.29 is 28.6 Å². The molecule has 0 fully saturated rings. The molecule has 0 aromatic rings. The molecular weight excluding hydrogens is 685 g/mol. The molecule has 0 saturated heterocycles. The molecule has 0 aromatic heterocycles. The third-order valence-corrected chi connectivity index (χ3v) is 9.76. The molecule has 6 nitrogen and oxygen atoms in total. The first kappa shape index (κ1) is 52.4. The lowest BCUT2D eigenvalue weighted by molar-refractivity contribution is -0.167. The summed E-state index contributed by atoms with van der Waals surface area (Å²) in [5.74, 6) is -0.921. The van der Waals surface area contributed by atoms with Gasteiger partial charge in [0.05, 0.1) is 0 Å². The third kappa shape index (κ3) is 42.4. The fourth-order valence-electron chi connectivity index (χ4n) is 6.22. The molecule has 0 aromatic carbocycles. The van der Waals surface area contributed by atoms with Crippen molar-refractivity contribution in [3.8, 4) is 0 Å². The number of carbonyl (C=O) groups excluding carboxylic acids is 3. The van der Waals surface area contributed by atoms with E-state index in [2.05, 4.69) is 69.4 Å². The highest BCUT2D eigenvalue weighted by atomic mass is 16.6. The van der Waals surface area contributed by atoms with Crippen LogP contribution in [0.3, 0.4) is 0 Å². The maximum Gasteiger partial charge on any atom is 0.306 e. The zero-order chi connectivity index (χ0) is 40.1. The van der Waals surface area contributed by atoms with Gasteiger partial charge in [0, 0.05) is 19.3 Å². The van der Waals surface area contributed by atoms with Gasteiger partial charge in [0.25, 0.3) is 0 Å². The molecule has 0 rings (SSSR count). The van der Waals surface area contributed by atoms with Crippen LogP contribution in [-0.2, 0) is 28.6 Å². The molecule has 0 radical (unpaired) electrons. The second-order valence-corrected chi connectivity index (χ2v) is 15.3. The molecule has 55 heavy (non-hydrogen) atoms. The summed E-state index contributed by atoms with van der Waals surface area (Å²) in [7, 11) is 0. The Morgan fingerprint density at radius 1 is 0.364 bits per heavy atom. The Hall–Kier alpha value is -2.63. The molecule has 0 bridgehead atoms. The van der Waals surface area contributed by atoms with Gasteiger partial charge in [-0.3, -0.25) is 14.4 Å². The minimum Gasteiger partial charge on any atom is -0.462 e. The lowest BCUT2D eigenvalue weighted by atomic mass is 10.1. The second kappa shape index (κ2) is 44.1. The number of ether oxygens (including phenoxy) is 3. The van der Waals surface area contributed by atoms with Crippen LogP contribution in [0.2, 0.25) is 0 Å². The first-order valence-electron chi connectivity index (χ1n) is 23.1. The average Bonchev–Trinajstić information content (AvgIpc) is 3.18. The molecule has 0 saturated carbocycles. The second-order valence-electron chi connectivity index (χ2n) is 15.3. The third-order valence-electron chi connectivity index (χ3n) is 9.76. The summed E-state index contributed by atoms with van der Waals surface area (Å²) in [6, 6.07) is 0. The minimum atomic E-state index is -0.782. The smallest absolute Gasteiger partial charge is 0.306 e. The van der Waals surface area contributed by atoms with Crippen LogP contribution in [0.25, 0.3) is 0 Å². The number of allylic oxidation sites excluding steroid dienone is 8. The van der Waals surface area contributed by atoms with Crippen LogP contribution in [-0.4, -0.2) is 37.2 Å². The largest absolute Gasteiger partial charge is 0.462 e. The molecule has 1 unspecified atom stereocenters. The number of esters is 3. The fraction of sp³-hybridized carbons (Fsp3) is 0.776. The SMILES string of the molecule is CCC/C=C\CCCCCCCC(=O)OCC(COC(=O)CCCCCCC/C=C\C/C=C\CCCCCC)OC(=O)CCCCCCC/C=C\CCCC. The van der Waals surface area contributed by atoms with Crippen molar-refractivity contribution in [2.45, 2.75) is 232 Å². The van der Waals surface area contributed by atoms with E-state index in [1.54, 1.807) is 0 Å². The van der Waals surface area contributed by atoms with Crippen LogP contribution in [0.15, 0.2) is 48.6 Å². The van der Waals surface area contributed by atoms with Crippen molar-refractivity contribution >= 4 is 17.9 Å². The highest BCUT2D eigenvalue weighted by Crippen LogP contribution is 2.13. The van der Waals surface area contributed by atoms with Crippen molar-refractivity contribution in [2.75, 3.05) is 13.2 Å². The molecule has 0 heterocycles. The van der Waals surface area contributed by atoms with E-state index in [1.807, 2.05) is 0 Å². The molecule has 0 aliphatic carbocycles. The standard InChI is InChI=1S/C49H86O6/c1-4-7-10-13-16-19-22-23-24-25-26-28-30-33-36-39-42-48(51)54-45-46(44-53-47(50)41-38-35-32-29-21-18-15-12-9-6-3)55-49(52)43-40-37-34-31-27-20-17-14-11-8-5-2/h12,14-15,17,19,22,24-25,46H,4-11,13,16,18,20-21,23,26-45H2,1-3H3/b15-12-,17-14-,22-19-,25-24-. The zero-order valence-corrected chi connectivity index (χ0v) is 36.2. The Bertz CT molecular complexity index is 980. The first-order chi connectivity index (χ1) is 27.0. The van der Waals surface area contributed by atoms with Gasteiger partial charge in [-0.2, -0.15) is 0 Å². The molecule has 0 amide bonds. The van der Waals surface area contributed by atoms with E-state index < -0.39 is 6.10 Å². The summed E-state index contributed by atoms with van der Waals surface area (Å²) in [6.07, 6.45) is 50.9. The van der Waals surface area contributed by atoms with Gasteiger partial charge in [-0.1, -0.05) is 166 Å². The molecule has 6 heteroatoms. The summed E-state index contributed by atoms with van der Waals surface area (Å²) >= 11 is 0. The Morgan fingerprint density at radius 2 is 0.709 bits per heavy atom. The fourth-order valence-corrected chi connectivity index (χ4v) is 6.22. The van der Waals surface area contributed by atoms with Gasteiger partial charge in [-0.25, -0.2) is 0 Å². The highest BCUT2D eigenvalue weighted by molar-refractivity contribution is 5.71. The Balaban J connectivity index is 4.38. The van der Waals surface area contributed by atoms with Crippen LogP contribution in [0.5, 0.6) is 0 Å². The monoisotopic (exact) mass is 771 g/mol. The van der Waals surface area contributed by atoms with E-state index in [1.165, 1.54) is 83.5 Å². The molecule has 0 aliphatic rings. The van der Waals surface area contributed by atoms with Crippen LogP contribution in [0.4, 0.5) is 0 Å². The number of hydrogen-bond acceptors (Lipinski definition) is 6. The predicted octanol–water partition coefficient (Wildman–Crippen LogP) is 14.8. The van der Waals surface area contributed by atoms with Crippen molar-refractivity contribution in [3.63, 3.8) is 0 Å². The number of unbranched alkanes of at least 4 members (excludes halogenated alkanes) is 22. The van der Waals surface area contributed by atoms with E-state index >= 15 is 0 Å². The van der Waals surface area contributed by atoms with Crippen molar-refractivity contribution in [1.29, 1.82) is 0 Å². The highest BCUT2D eigenvalue weighted by Gasteiger charge is 2.19. The predicted molar refractivity (Wildman–Crippen MR) is 233 cm³/mol. The summed E-state index contributed by atoms with van der Waals surface area (Å²) < 4.78 is 16.7. The maximum absolute atomic E-state index is 12.7. The minimum absolute atomic E-state index is 0.0858. The van der Waals surface area contributed by atoms with Crippen LogP contribution >= 0.6 is 0 Å². The number of rotatable bonds is 41. The molecule has 0 aliphatic heterocycles. The molecule has 1 atom stereocenters. The Kier molecular flexibility index (Phi) is 42.0. The van der Waals surface area contributed by atoms with Crippen LogP contribution < -0.4 is 0 Å². The molecule has 0 N–H and O–H groups in total. The van der Waals surface area contributed by atoms with Crippen LogP contribution in [0.1, 0.15) is 226 Å². The summed E-state index contributed by atoms with van der Waals surface area (Å²) in [5.41, 5.74) is 0. The summed E-state index contributed by atoms with van der Waals surface area (Å²) in [5, 5.41) is 0. The van der Waals surface area contributed by atoms with E-state index in [0.29, 0.717) is 19.3 Å². The van der Waals surface area contributed by atoms with Gasteiger partial charge in [-0.05, 0) is 89.9 Å². The van der Waals surface area contributed by atoms with Crippen LogP contribution in [0, 0.1) is 0 Å². The van der Waals surface area contributed by atoms with E-state index in [9.17, 15) is 14.4 Å². The normalized spacial score (nSPS) is 12.4. The summed E-state index contributed by atoms with van der Waals surface area (Å²) in [6.45, 7) is 6.48. The van der Waals surface area contributed by atoms with Crippen molar-refractivity contribution in [1.82, 2.24) is 0 Å². The number of hydrogen-bond donors (Lipinski definition) is 0. The lowest BCUT2D eigenvalue weighted by Gasteiger charge is -2.18. The average molecular weight is 771 g/mol. The Morgan fingerprint density at radius 3 is 1.15 bits per heavy atom. The molecule has 318 valence electrons. The maximum atomic E-state index is 12.7. The van der Waals surface area contributed by atoms with Crippen molar-refractivity contribution in [2.24, 2.45) is 0 Å². The van der Waals surface area contributed by atoms with Gasteiger partial charge in [0.2, 0.25) is 0 Å². The molecular formula is C49H86O6. The van der Waals surface area contributed by atoms with Crippen molar-refractivity contribution in [3.05, 3.63) is 48.6 Å². The zero-order valence-electron chi connectivity index (χ0n) is 36.2. The van der Waals surface area contributed by atoms with E-state index in [4.69, 9.17) is 14.2 Å². The summed E-state index contributed by atoms with van der Waals surface area (Å²) in [4.78, 5) is 37.7. The van der Waals surface area contributed by atoms with Gasteiger partial charge >= 0.3 is 17.9 Å². The Labute approximate surface area is 339 Å². The van der Waals surface area contributed by atoms with E-state index in [-0.39, 0.29) is 31.1 Å². The quantitative estimate of drug-likeness (QED) is 0.0267. The topological polar surface area (TPSA) is 78.9 Å². The van der Waals surface area contributed by atoms with Gasteiger partial charge in [0.15, 0.2) is 6.10 Å². The van der Waals surface area contributed by atoms with Gasteiger partial charge < -0.3 is 14.2 Å². The molecule has 0 spiro atoms. The first-order valence-corrected chi connectivity index (χ1v) is 23.1. The lowest BCUT2D eigenvalue weighted by Crippen LogP contribution is -2.30. The van der Waals surface area contributed by atoms with Gasteiger partial charge in [-0.15, -0.1) is 0 Å². The van der Waals surface area contributed by atoms with E-state index in [0.717, 1.165) is 103 Å². The van der Waals surface area contributed by atoms with Gasteiger partial charge in [0.1, 0.15) is 13.2 Å².